The first-order valence-corrected chi connectivity index (χ1v) is 6.22. The van der Waals surface area contributed by atoms with E-state index in [1.165, 1.54) is 6.33 Å². The van der Waals surface area contributed by atoms with E-state index in [0.717, 1.165) is 18.4 Å². The number of hydrogen-bond donors (Lipinski definition) is 2. The Morgan fingerprint density at radius 3 is 2.79 bits per heavy atom. The van der Waals surface area contributed by atoms with Crippen LogP contribution in [0, 0.1) is 0 Å². The smallest absolute Gasteiger partial charge is 0.227 e. The molecule has 0 fully saturated rings. The lowest BCUT2D eigenvalue weighted by Crippen LogP contribution is -2.03. The summed E-state index contributed by atoms with van der Waals surface area (Å²) in [6.45, 7) is 1.97. The molecule has 100 valence electrons. The first-order chi connectivity index (χ1) is 9.26. The molecule has 0 spiro atoms. The van der Waals surface area contributed by atoms with Gasteiger partial charge in [0.2, 0.25) is 5.88 Å². The van der Waals surface area contributed by atoms with Crippen molar-refractivity contribution in [1.82, 2.24) is 9.97 Å². The number of hydrogen-bond acceptors (Lipinski definition) is 5. The Morgan fingerprint density at radius 1 is 1.26 bits per heavy atom. The summed E-state index contributed by atoms with van der Waals surface area (Å²) in [6.07, 6.45) is 3.06. The fourth-order valence-electron chi connectivity index (χ4n) is 1.82. The number of aromatic nitrogens is 2. The molecule has 0 saturated carbocycles. The summed E-state index contributed by atoms with van der Waals surface area (Å²) in [5.74, 6) is 1.48. The summed E-state index contributed by atoms with van der Waals surface area (Å²) in [6, 6.07) is 7.29. The summed E-state index contributed by atoms with van der Waals surface area (Å²) in [5, 5.41) is 9.29. The first-order valence-electron chi connectivity index (χ1n) is 6.22. The van der Waals surface area contributed by atoms with Gasteiger partial charge in [0.05, 0.1) is 12.2 Å². The highest BCUT2D eigenvalue weighted by Crippen LogP contribution is 2.28. The molecule has 1 heterocycles. The molecule has 5 nitrogen and oxygen atoms in total. The van der Waals surface area contributed by atoms with Crippen LogP contribution in [-0.4, -0.2) is 15.1 Å². The molecule has 0 saturated heterocycles. The minimum absolute atomic E-state index is 0.0835. The Kier molecular flexibility index (Phi) is 4.30. The highest BCUT2D eigenvalue weighted by molar-refractivity contribution is 5.47. The van der Waals surface area contributed by atoms with Gasteiger partial charge in [-0.2, -0.15) is 0 Å². The van der Waals surface area contributed by atoms with E-state index in [-0.39, 0.29) is 6.61 Å². The molecule has 5 heteroatoms. The number of nitrogens with two attached hydrogens (primary N) is 1. The van der Waals surface area contributed by atoms with Crippen molar-refractivity contribution in [2.24, 2.45) is 0 Å². The minimum Gasteiger partial charge on any atom is -0.438 e. The molecular weight excluding hydrogens is 242 g/mol. The highest BCUT2D eigenvalue weighted by Gasteiger charge is 2.12. The van der Waals surface area contributed by atoms with E-state index in [9.17, 15) is 5.11 Å². The quantitative estimate of drug-likeness (QED) is 0.861. The molecule has 0 aliphatic rings. The van der Waals surface area contributed by atoms with E-state index in [1.807, 2.05) is 12.1 Å². The zero-order valence-corrected chi connectivity index (χ0v) is 10.8. The lowest BCUT2D eigenvalue weighted by molar-refractivity contribution is 0.276. The zero-order chi connectivity index (χ0) is 13.7. The van der Waals surface area contributed by atoms with Gasteiger partial charge in [0.15, 0.2) is 0 Å². The van der Waals surface area contributed by atoms with Gasteiger partial charge in [0.1, 0.15) is 17.9 Å². The minimum atomic E-state index is -0.0835. The topological polar surface area (TPSA) is 81.3 Å². The van der Waals surface area contributed by atoms with Crippen LogP contribution in [0.5, 0.6) is 11.6 Å². The normalized spacial score (nSPS) is 10.4. The maximum atomic E-state index is 9.29. The van der Waals surface area contributed by atoms with Crippen LogP contribution in [-0.2, 0) is 13.0 Å². The predicted octanol–water partition coefficient (Wildman–Crippen LogP) is 2.30. The number of benzene rings is 1. The van der Waals surface area contributed by atoms with Gasteiger partial charge in [0.25, 0.3) is 0 Å². The Labute approximate surface area is 112 Å². The summed E-state index contributed by atoms with van der Waals surface area (Å²) in [5.41, 5.74) is 7.36. The zero-order valence-electron chi connectivity index (χ0n) is 10.8. The number of para-hydroxylation sites is 1. The van der Waals surface area contributed by atoms with Crippen LogP contribution in [0.15, 0.2) is 30.6 Å². The predicted molar refractivity (Wildman–Crippen MR) is 72.9 cm³/mol. The fraction of sp³-hybridized carbons (Fsp3) is 0.286. The number of rotatable bonds is 5. The largest absolute Gasteiger partial charge is 0.438 e. The van der Waals surface area contributed by atoms with Gasteiger partial charge in [-0.05, 0) is 12.5 Å². The van der Waals surface area contributed by atoms with Crippen LogP contribution < -0.4 is 10.5 Å². The second-order valence-electron chi connectivity index (χ2n) is 4.16. The highest BCUT2D eigenvalue weighted by atomic mass is 16.5. The van der Waals surface area contributed by atoms with E-state index in [4.69, 9.17) is 10.5 Å². The van der Waals surface area contributed by atoms with Gasteiger partial charge in [-0.15, -0.1) is 0 Å². The van der Waals surface area contributed by atoms with E-state index in [0.29, 0.717) is 23.0 Å². The Morgan fingerprint density at radius 2 is 2.05 bits per heavy atom. The van der Waals surface area contributed by atoms with Crippen molar-refractivity contribution in [3.05, 3.63) is 41.7 Å². The molecule has 19 heavy (non-hydrogen) atoms. The second kappa shape index (κ2) is 6.15. The molecular formula is C14H17N3O2. The fourth-order valence-corrected chi connectivity index (χ4v) is 1.82. The summed E-state index contributed by atoms with van der Waals surface area (Å²) < 4.78 is 5.77. The van der Waals surface area contributed by atoms with Crippen LogP contribution in [0.2, 0.25) is 0 Å². The van der Waals surface area contributed by atoms with Gasteiger partial charge in [0, 0.05) is 5.56 Å². The molecule has 0 radical (unpaired) electrons. The molecule has 0 amide bonds. The van der Waals surface area contributed by atoms with E-state index in [2.05, 4.69) is 16.9 Å². The number of nitrogens with zero attached hydrogens (tertiary/aromatic N) is 2. The molecule has 2 rings (SSSR count). The Balaban J connectivity index is 2.35. The van der Waals surface area contributed by atoms with Crippen LogP contribution >= 0.6 is 0 Å². The van der Waals surface area contributed by atoms with Gasteiger partial charge >= 0.3 is 0 Å². The van der Waals surface area contributed by atoms with Gasteiger partial charge in [-0.3, -0.25) is 0 Å². The lowest BCUT2D eigenvalue weighted by atomic mass is 10.1. The average molecular weight is 259 g/mol. The number of aliphatic hydroxyl groups excluding tert-OH is 1. The van der Waals surface area contributed by atoms with Gasteiger partial charge < -0.3 is 15.6 Å². The number of anilines is 1. The molecule has 3 N–H and O–H groups in total. The molecule has 0 aliphatic carbocycles. The van der Waals surface area contributed by atoms with Crippen LogP contribution in [0.4, 0.5) is 5.82 Å². The Hall–Kier alpha value is -2.14. The summed E-state index contributed by atoms with van der Waals surface area (Å²) in [4.78, 5) is 8.11. The number of nitrogen functional groups attached to an aromatic ring is 1. The Bertz CT molecular complexity index is 558. The van der Waals surface area contributed by atoms with Crippen LogP contribution in [0.3, 0.4) is 0 Å². The van der Waals surface area contributed by atoms with Crippen molar-refractivity contribution >= 4 is 5.82 Å². The van der Waals surface area contributed by atoms with Crippen LogP contribution in [0.25, 0.3) is 0 Å². The molecule has 1 aromatic carbocycles. The number of ether oxygens (including phenoxy) is 1. The average Bonchev–Trinajstić information content (AvgIpc) is 2.43. The summed E-state index contributed by atoms with van der Waals surface area (Å²) in [7, 11) is 0. The van der Waals surface area contributed by atoms with E-state index >= 15 is 0 Å². The molecule has 2 aromatic rings. The van der Waals surface area contributed by atoms with Crippen LogP contribution in [0.1, 0.15) is 24.5 Å². The molecule has 0 atom stereocenters. The maximum absolute atomic E-state index is 9.29. The van der Waals surface area contributed by atoms with Gasteiger partial charge in [-0.1, -0.05) is 31.5 Å². The molecule has 1 aromatic heterocycles. The van der Waals surface area contributed by atoms with Crippen molar-refractivity contribution in [2.45, 2.75) is 26.4 Å². The maximum Gasteiger partial charge on any atom is 0.227 e. The second-order valence-corrected chi connectivity index (χ2v) is 4.16. The third-order valence-electron chi connectivity index (χ3n) is 2.79. The third-order valence-corrected chi connectivity index (χ3v) is 2.79. The standard InChI is InChI=1S/C14H17N3O2/c1-2-5-11-13(15)16-9-17-14(11)19-12-7-4-3-6-10(12)8-18/h3-4,6-7,9,18H,2,5,8H2,1H3,(H2,15,16,17). The monoisotopic (exact) mass is 259 g/mol. The third kappa shape index (κ3) is 3.00. The lowest BCUT2D eigenvalue weighted by Gasteiger charge is -2.12. The summed E-state index contributed by atoms with van der Waals surface area (Å²) >= 11 is 0. The number of aliphatic hydroxyl groups is 1. The van der Waals surface area contributed by atoms with Crippen molar-refractivity contribution in [2.75, 3.05) is 5.73 Å². The molecule has 0 bridgehead atoms. The molecule has 0 unspecified atom stereocenters. The van der Waals surface area contributed by atoms with Crippen molar-refractivity contribution in [3.8, 4) is 11.6 Å². The molecule has 0 aliphatic heterocycles. The van der Waals surface area contributed by atoms with Crippen molar-refractivity contribution < 1.29 is 9.84 Å². The SMILES string of the molecule is CCCc1c(N)ncnc1Oc1ccccc1CO. The van der Waals surface area contributed by atoms with E-state index in [1.54, 1.807) is 12.1 Å². The van der Waals surface area contributed by atoms with Crippen molar-refractivity contribution in [1.29, 1.82) is 0 Å². The van der Waals surface area contributed by atoms with Crippen molar-refractivity contribution in [3.63, 3.8) is 0 Å². The van der Waals surface area contributed by atoms with Gasteiger partial charge in [-0.25, -0.2) is 9.97 Å². The van der Waals surface area contributed by atoms with E-state index < -0.39 is 0 Å². The first kappa shape index (κ1) is 13.3.